The van der Waals surface area contributed by atoms with Crippen molar-refractivity contribution in [1.82, 2.24) is 0 Å². The highest BCUT2D eigenvalue weighted by atomic mass is 16.3. The minimum atomic E-state index is -0.502. The van der Waals surface area contributed by atoms with Gasteiger partial charge in [0, 0.05) is 0 Å². The Balaban J connectivity index is 1.50. The summed E-state index contributed by atoms with van der Waals surface area (Å²) in [7, 11) is 0. The van der Waals surface area contributed by atoms with Crippen LogP contribution < -0.4 is 0 Å². The molecule has 0 aromatic heterocycles. The third kappa shape index (κ3) is 4.05. The zero-order chi connectivity index (χ0) is 23.3. The van der Waals surface area contributed by atoms with E-state index < -0.39 is 5.60 Å². The first-order valence-electron chi connectivity index (χ1n) is 14.4. The zero-order valence-corrected chi connectivity index (χ0v) is 22.3. The normalized spacial score (nSPS) is 49.2. The summed E-state index contributed by atoms with van der Waals surface area (Å²) >= 11 is 0. The van der Waals surface area contributed by atoms with Crippen molar-refractivity contribution in [2.24, 2.45) is 58.2 Å². The van der Waals surface area contributed by atoms with Gasteiger partial charge in [-0.3, -0.25) is 0 Å². The Labute approximate surface area is 200 Å². The summed E-state index contributed by atoms with van der Waals surface area (Å²) < 4.78 is 0. The minimum Gasteiger partial charge on any atom is -0.390 e. The Morgan fingerprint density at radius 3 is 2.22 bits per heavy atom. The Kier molecular flexibility index (Phi) is 7.02. The molecule has 1 nitrogen and oxygen atoms in total. The summed E-state index contributed by atoms with van der Waals surface area (Å²) in [5.41, 5.74) is 0.516. The summed E-state index contributed by atoms with van der Waals surface area (Å²) in [6.45, 7) is 18.9. The molecule has 0 amide bonds. The molecule has 0 heterocycles. The van der Waals surface area contributed by atoms with E-state index in [1.54, 1.807) is 0 Å². The van der Waals surface area contributed by atoms with Crippen LogP contribution in [0, 0.1) is 58.2 Å². The number of aliphatic hydroxyl groups is 1. The second-order valence-corrected chi connectivity index (χ2v) is 14.1. The molecule has 0 spiro atoms. The van der Waals surface area contributed by atoms with E-state index in [9.17, 15) is 5.11 Å². The first-order chi connectivity index (χ1) is 15.0. The van der Waals surface area contributed by atoms with Crippen LogP contribution in [0.25, 0.3) is 0 Å². The maximum Gasteiger partial charge on any atom is 0.0653 e. The van der Waals surface area contributed by atoms with Gasteiger partial charge in [-0.05, 0) is 123 Å². The van der Waals surface area contributed by atoms with E-state index in [2.05, 4.69) is 54.2 Å². The maximum absolute atomic E-state index is 11.3. The number of hydrogen-bond donors (Lipinski definition) is 1. The third-order valence-corrected chi connectivity index (χ3v) is 12.0. The molecular weight excluding hydrogens is 388 g/mol. The van der Waals surface area contributed by atoms with Crippen molar-refractivity contribution in [3.63, 3.8) is 0 Å². The first-order valence-corrected chi connectivity index (χ1v) is 14.4. The second kappa shape index (κ2) is 9.05. The average Bonchev–Trinajstić information content (AvgIpc) is 3.08. The Morgan fingerprint density at radius 2 is 1.53 bits per heavy atom. The van der Waals surface area contributed by atoms with Gasteiger partial charge in [0.1, 0.15) is 0 Å². The summed E-state index contributed by atoms with van der Waals surface area (Å²) in [4.78, 5) is 0. The summed E-state index contributed by atoms with van der Waals surface area (Å²) in [6, 6.07) is 0. The molecule has 4 saturated carbocycles. The highest BCUT2D eigenvalue weighted by Crippen LogP contribution is 2.69. The maximum atomic E-state index is 11.3. The molecule has 1 heteroatoms. The van der Waals surface area contributed by atoms with Crippen LogP contribution in [0.3, 0.4) is 0 Å². The monoisotopic (exact) mass is 442 g/mol. The molecule has 0 saturated heterocycles. The minimum absolute atomic E-state index is 0.408. The Bertz CT molecular complexity index is 663. The lowest BCUT2D eigenvalue weighted by Gasteiger charge is -2.64. The van der Waals surface area contributed by atoms with Gasteiger partial charge in [0.15, 0.2) is 0 Å². The molecule has 0 aromatic carbocycles. The van der Waals surface area contributed by atoms with Gasteiger partial charge in [0.05, 0.1) is 5.60 Å². The van der Waals surface area contributed by atoms with E-state index in [4.69, 9.17) is 0 Å². The van der Waals surface area contributed by atoms with Gasteiger partial charge < -0.3 is 5.11 Å². The lowest BCUT2D eigenvalue weighted by Crippen LogP contribution is -2.59. The predicted octanol–water partition coefficient (Wildman–Crippen LogP) is 8.66. The van der Waals surface area contributed by atoms with Gasteiger partial charge in [0.25, 0.3) is 0 Å². The van der Waals surface area contributed by atoms with Crippen molar-refractivity contribution in [3.8, 4) is 0 Å². The molecule has 0 unspecified atom stereocenters. The molecule has 184 valence electrons. The van der Waals surface area contributed by atoms with Crippen molar-refractivity contribution >= 4 is 0 Å². The number of fused-ring (bicyclic) bond motifs is 5. The molecule has 0 aliphatic heterocycles. The fourth-order valence-corrected chi connectivity index (χ4v) is 10.3. The highest BCUT2D eigenvalue weighted by molar-refractivity contribution is 5.12. The quantitative estimate of drug-likeness (QED) is 0.391. The van der Waals surface area contributed by atoms with Gasteiger partial charge in [-0.2, -0.15) is 0 Å². The van der Waals surface area contributed by atoms with Crippen molar-refractivity contribution in [1.29, 1.82) is 0 Å². The molecular formula is C31H54O. The fourth-order valence-electron chi connectivity index (χ4n) is 10.3. The van der Waals surface area contributed by atoms with E-state index >= 15 is 0 Å². The lowest BCUT2D eigenvalue weighted by atomic mass is 9.41. The molecule has 0 radical (unpaired) electrons. The van der Waals surface area contributed by atoms with Crippen LogP contribution in [-0.4, -0.2) is 10.7 Å². The van der Waals surface area contributed by atoms with E-state index in [-0.39, 0.29) is 0 Å². The number of hydrogen-bond acceptors (Lipinski definition) is 1. The van der Waals surface area contributed by atoms with Gasteiger partial charge in [0.2, 0.25) is 0 Å². The van der Waals surface area contributed by atoms with Crippen LogP contribution >= 0.6 is 0 Å². The molecule has 10 atom stereocenters. The molecule has 1 N–H and O–H groups in total. The van der Waals surface area contributed by atoms with Crippen LogP contribution in [0.15, 0.2) is 12.7 Å². The smallest absolute Gasteiger partial charge is 0.0653 e. The van der Waals surface area contributed by atoms with Crippen molar-refractivity contribution in [2.75, 3.05) is 0 Å². The summed E-state index contributed by atoms with van der Waals surface area (Å²) in [6.07, 6.45) is 18.2. The van der Waals surface area contributed by atoms with Crippen molar-refractivity contribution in [3.05, 3.63) is 12.7 Å². The van der Waals surface area contributed by atoms with Crippen molar-refractivity contribution in [2.45, 2.75) is 124 Å². The summed E-state index contributed by atoms with van der Waals surface area (Å²) in [5, 5.41) is 11.3. The largest absolute Gasteiger partial charge is 0.390 e. The second-order valence-electron chi connectivity index (χ2n) is 14.1. The predicted molar refractivity (Wildman–Crippen MR) is 137 cm³/mol. The first kappa shape index (κ1) is 24.8. The van der Waals surface area contributed by atoms with E-state index in [0.717, 1.165) is 48.3 Å². The van der Waals surface area contributed by atoms with E-state index in [0.29, 0.717) is 22.7 Å². The topological polar surface area (TPSA) is 20.2 Å². The number of allylic oxidation sites excluding steroid dienone is 1. The van der Waals surface area contributed by atoms with Crippen LogP contribution in [0.5, 0.6) is 0 Å². The molecule has 4 aliphatic carbocycles. The molecule has 0 aromatic rings. The SMILES string of the molecule is C=CC[C@H]1[C@@H]2CC[C@@H]3[C@H](CC[C@]4(C)[C@@H]([C@H](C)CCCC(C)C)CC[C@@H]34)[C@@]2(C)CC[C@@]1(C)O. The zero-order valence-electron chi connectivity index (χ0n) is 22.3. The third-order valence-electron chi connectivity index (χ3n) is 12.0. The molecule has 32 heavy (non-hydrogen) atoms. The number of rotatable bonds is 7. The standard InChI is InChI=1S/C31H54O/c1-8-10-28-27-14-13-23-25-16-15-24(22(4)12-9-11-21(2)3)29(25,5)18-17-26(23)30(27,6)19-20-31(28,7)32/h8,21-28,32H,1,9-20H2,2-7H3/t22-,23+,24-,25+,26+,27+,28+,29-,30-,31-/m1/s1. The van der Waals surface area contributed by atoms with Crippen LogP contribution in [0.1, 0.15) is 119 Å². The highest BCUT2D eigenvalue weighted by Gasteiger charge is 2.62. The van der Waals surface area contributed by atoms with Gasteiger partial charge in [-0.1, -0.05) is 60.0 Å². The average molecular weight is 443 g/mol. The van der Waals surface area contributed by atoms with Gasteiger partial charge in [-0.15, -0.1) is 6.58 Å². The molecule has 4 fully saturated rings. The Morgan fingerprint density at radius 1 is 0.844 bits per heavy atom. The summed E-state index contributed by atoms with van der Waals surface area (Å²) in [5.74, 6) is 6.57. The van der Waals surface area contributed by atoms with Gasteiger partial charge >= 0.3 is 0 Å². The fraction of sp³-hybridized carbons (Fsp3) is 0.935. The molecule has 4 aliphatic rings. The van der Waals surface area contributed by atoms with Crippen LogP contribution in [0.2, 0.25) is 0 Å². The van der Waals surface area contributed by atoms with Crippen LogP contribution in [-0.2, 0) is 0 Å². The van der Waals surface area contributed by atoms with Crippen LogP contribution in [0.4, 0.5) is 0 Å². The lowest BCUT2D eigenvalue weighted by molar-refractivity contribution is -0.178. The van der Waals surface area contributed by atoms with Gasteiger partial charge in [-0.25, -0.2) is 0 Å². The van der Waals surface area contributed by atoms with E-state index in [1.165, 1.54) is 64.2 Å². The molecule has 0 bridgehead atoms. The molecule has 4 rings (SSSR count). The van der Waals surface area contributed by atoms with Crippen molar-refractivity contribution < 1.29 is 5.11 Å². The van der Waals surface area contributed by atoms with E-state index in [1.807, 2.05) is 0 Å². The Hall–Kier alpha value is -0.300.